The molecule has 76 valence electrons. The maximum absolute atomic E-state index is 11.8. The Hall–Kier alpha value is -1.17. The minimum absolute atomic E-state index is 0.0706. The summed E-state index contributed by atoms with van der Waals surface area (Å²) in [5.41, 5.74) is 1.31. The second-order valence-corrected chi connectivity index (χ2v) is 4.41. The zero-order chi connectivity index (χ0) is 10.8. The molecule has 15 heavy (non-hydrogen) atoms. The van der Waals surface area contributed by atoms with Crippen molar-refractivity contribution in [2.45, 2.75) is 6.92 Å². The van der Waals surface area contributed by atoms with Crippen molar-refractivity contribution in [3.8, 4) is 5.69 Å². The van der Waals surface area contributed by atoms with Crippen molar-refractivity contribution in [3.05, 3.63) is 56.3 Å². The number of benzene rings is 1. The van der Waals surface area contributed by atoms with Crippen molar-refractivity contribution in [2.75, 3.05) is 0 Å². The molecule has 1 aromatic heterocycles. The van der Waals surface area contributed by atoms with Crippen molar-refractivity contribution in [2.24, 2.45) is 0 Å². The summed E-state index contributed by atoms with van der Waals surface area (Å²) < 4.78 is 2.74. The molecule has 0 fully saturated rings. The molecule has 0 saturated carbocycles. The summed E-state index contributed by atoms with van der Waals surface area (Å²) in [6, 6.07) is 7.78. The van der Waals surface area contributed by atoms with Gasteiger partial charge in [0.25, 0.3) is 5.56 Å². The SMILES string of the molecule is Cc1nccn(-c2ccc(I)cc2)c1=O. The molecule has 0 radical (unpaired) electrons. The number of halogens is 1. The molecule has 0 spiro atoms. The molecule has 0 N–H and O–H groups in total. The van der Waals surface area contributed by atoms with Gasteiger partial charge in [0.15, 0.2) is 0 Å². The van der Waals surface area contributed by atoms with Crippen LogP contribution >= 0.6 is 22.6 Å². The highest BCUT2D eigenvalue weighted by molar-refractivity contribution is 14.1. The molecular formula is C11H9IN2O. The lowest BCUT2D eigenvalue weighted by atomic mass is 10.3. The number of nitrogens with zero attached hydrogens (tertiary/aromatic N) is 2. The van der Waals surface area contributed by atoms with Gasteiger partial charge in [0.05, 0.1) is 0 Å². The van der Waals surface area contributed by atoms with Gasteiger partial charge in [-0.1, -0.05) is 0 Å². The quantitative estimate of drug-likeness (QED) is 0.756. The Morgan fingerprint density at radius 1 is 1.27 bits per heavy atom. The maximum Gasteiger partial charge on any atom is 0.276 e. The van der Waals surface area contributed by atoms with Crippen LogP contribution in [0.25, 0.3) is 5.69 Å². The molecule has 0 bridgehead atoms. The van der Waals surface area contributed by atoms with Gasteiger partial charge in [0.1, 0.15) is 5.69 Å². The second-order valence-electron chi connectivity index (χ2n) is 3.16. The van der Waals surface area contributed by atoms with Crippen LogP contribution in [0.4, 0.5) is 0 Å². The molecule has 3 nitrogen and oxygen atoms in total. The highest BCUT2D eigenvalue weighted by Gasteiger charge is 2.01. The van der Waals surface area contributed by atoms with E-state index in [9.17, 15) is 4.79 Å². The molecule has 4 heteroatoms. The number of hydrogen-bond acceptors (Lipinski definition) is 2. The Labute approximate surface area is 101 Å². The monoisotopic (exact) mass is 312 g/mol. The fourth-order valence-corrected chi connectivity index (χ4v) is 1.67. The third-order valence-corrected chi connectivity index (χ3v) is 2.84. The first-order valence-corrected chi connectivity index (χ1v) is 5.56. The smallest absolute Gasteiger partial charge is 0.276 e. The van der Waals surface area contributed by atoms with Crippen LogP contribution in [-0.2, 0) is 0 Å². The summed E-state index contributed by atoms with van der Waals surface area (Å²) in [5.74, 6) is 0. The fourth-order valence-electron chi connectivity index (χ4n) is 1.31. The first-order valence-electron chi connectivity index (χ1n) is 4.49. The van der Waals surface area contributed by atoms with E-state index >= 15 is 0 Å². The molecule has 0 saturated heterocycles. The minimum atomic E-state index is -0.0706. The Morgan fingerprint density at radius 3 is 2.60 bits per heavy atom. The third kappa shape index (κ3) is 2.09. The lowest BCUT2D eigenvalue weighted by Gasteiger charge is -2.05. The van der Waals surface area contributed by atoms with Crippen LogP contribution in [0, 0.1) is 10.5 Å². The number of rotatable bonds is 1. The van der Waals surface area contributed by atoms with Crippen LogP contribution in [0.1, 0.15) is 5.69 Å². The maximum atomic E-state index is 11.8. The third-order valence-electron chi connectivity index (χ3n) is 2.12. The van der Waals surface area contributed by atoms with E-state index in [1.807, 2.05) is 24.3 Å². The molecule has 0 amide bonds. The molecule has 1 heterocycles. The molecule has 1 aromatic carbocycles. The Morgan fingerprint density at radius 2 is 1.93 bits per heavy atom. The van der Waals surface area contributed by atoms with Gasteiger partial charge in [-0.3, -0.25) is 14.3 Å². The normalized spacial score (nSPS) is 10.3. The predicted molar refractivity (Wildman–Crippen MR) is 67.3 cm³/mol. The summed E-state index contributed by atoms with van der Waals surface area (Å²) in [5, 5.41) is 0. The van der Waals surface area contributed by atoms with Gasteiger partial charge in [-0.05, 0) is 53.8 Å². The standard InChI is InChI=1S/C11H9IN2O/c1-8-11(15)14(7-6-13-8)10-4-2-9(12)3-5-10/h2-7H,1H3. The van der Waals surface area contributed by atoms with Crippen LogP contribution < -0.4 is 5.56 Å². The highest BCUT2D eigenvalue weighted by Crippen LogP contribution is 2.09. The Kier molecular flexibility index (Phi) is 2.86. The lowest BCUT2D eigenvalue weighted by Crippen LogP contribution is -2.20. The number of aryl methyl sites for hydroxylation is 1. The van der Waals surface area contributed by atoms with Crippen molar-refractivity contribution >= 4 is 22.6 Å². The van der Waals surface area contributed by atoms with Crippen molar-refractivity contribution < 1.29 is 0 Å². The summed E-state index contributed by atoms with van der Waals surface area (Å²) in [6.07, 6.45) is 3.31. The summed E-state index contributed by atoms with van der Waals surface area (Å²) >= 11 is 2.23. The molecule has 0 aliphatic carbocycles. The van der Waals surface area contributed by atoms with Gasteiger partial charge < -0.3 is 0 Å². The van der Waals surface area contributed by atoms with Crippen LogP contribution in [0.5, 0.6) is 0 Å². The van der Waals surface area contributed by atoms with Gasteiger partial charge in [-0.15, -0.1) is 0 Å². The molecule has 0 atom stereocenters. The molecule has 2 aromatic rings. The summed E-state index contributed by atoms with van der Waals surface area (Å²) in [7, 11) is 0. The summed E-state index contributed by atoms with van der Waals surface area (Å²) in [4.78, 5) is 15.7. The van der Waals surface area contributed by atoms with Crippen molar-refractivity contribution in [1.29, 1.82) is 0 Å². The minimum Gasteiger partial charge on any atom is -0.281 e. The zero-order valence-corrected chi connectivity index (χ0v) is 10.3. The molecule has 0 unspecified atom stereocenters. The van der Waals surface area contributed by atoms with Crippen molar-refractivity contribution in [1.82, 2.24) is 9.55 Å². The zero-order valence-electron chi connectivity index (χ0n) is 8.14. The van der Waals surface area contributed by atoms with E-state index in [0.717, 1.165) is 9.26 Å². The van der Waals surface area contributed by atoms with Gasteiger partial charge in [0, 0.05) is 21.7 Å². The van der Waals surface area contributed by atoms with Crippen LogP contribution in [0.2, 0.25) is 0 Å². The molecule has 0 aliphatic heterocycles. The van der Waals surface area contributed by atoms with Gasteiger partial charge in [-0.2, -0.15) is 0 Å². The first-order chi connectivity index (χ1) is 7.18. The Bertz CT molecular complexity index is 531. The fraction of sp³-hybridized carbons (Fsp3) is 0.0909. The topological polar surface area (TPSA) is 34.9 Å². The lowest BCUT2D eigenvalue weighted by molar-refractivity contribution is 0.923. The van der Waals surface area contributed by atoms with E-state index < -0.39 is 0 Å². The largest absolute Gasteiger partial charge is 0.281 e. The van der Waals surface area contributed by atoms with E-state index in [1.165, 1.54) is 0 Å². The van der Waals surface area contributed by atoms with E-state index in [-0.39, 0.29) is 5.56 Å². The van der Waals surface area contributed by atoms with Gasteiger partial charge in [-0.25, -0.2) is 0 Å². The van der Waals surface area contributed by atoms with E-state index in [2.05, 4.69) is 27.6 Å². The van der Waals surface area contributed by atoms with Crippen LogP contribution in [0.3, 0.4) is 0 Å². The van der Waals surface area contributed by atoms with Crippen LogP contribution in [-0.4, -0.2) is 9.55 Å². The molecular weight excluding hydrogens is 303 g/mol. The summed E-state index contributed by atoms with van der Waals surface area (Å²) in [6.45, 7) is 1.71. The van der Waals surface area contributed by atoms with Crippen molar-refractivity contribution in [3.63, 3.8) is 0 Å². The average molecular weight is 312 g/mol. The number of aromatic nitrogens is 2. The predicted octanol–water partition coefficient (Wildman–Crippen LogP) is 2.15. The average Bonchev–Trinajstić information content (AvgIpc) is 2.24. The molecule has 0 aliphatic rings. The Balaban J connectivity index is 2.59. The van der Waals surface area contributed by atoms with E-state index in [4.69, 9.17) is 0 Å². The van der Waals surface area contributed by atoms with E-state index in [1.54, 1.807) is 23.9 Å². The first kappa shape index (κ1) is 10.4. The van der Waals surface area contributed by atoms with Gasteiger partial charge in [0.2, 0.25) is 0 Å². The van der Waals surface area contributed by atoms with Crippen LogP contribution in [0.15, 0.2) is 41.5 Å². The van der Waals surface area contributed by atoms with Gasteiger partial charge >= 0.3 is 0 Å². The molecule has 2 rings (SSSR count). The van der Waals surface area contributed by atoms with E-state index in [0.29, 0.717) is 5.69 Å². The second kappa shape index (κ2) is 4.14. The highest BCUT2D eigenvalue weighted by atomic mass is 127. The number of hydrogen-bond donors (Lipinski definition) is 0.